The average Bonchev–Trinajstić information content (AvgIpc) is 2.86. The van der Waals surface area contributed by atoms with Gasteiger partial charge >= 0.3 is 12.1 Å². The molecular weight excluding hydrogens is 331 g/mol. The Balaban J connectivity index is 2.13. The van der Waals surface area contributed by atoms with Crippen LogP contribution in [0.25, 0.3) is 0 Å². The van der Waals surface area contributed by atoms with E-state index in [1.165, 1.54) is 24.1 Å². The number of ether oxygens (including phenoxy) is 2. The smallest absolute Gasteiger partial charge is 0.414 e. The van der Waals surface area contributed by atoms with Crippen molar-refractivity contribution in [2.24, 2.45) is 10.2 Å². The normalized spacial score (nSPS) is 16.9. The summed E-state index contributed by atoms with van der Waals surface area (Å²) >= 11 is 0. The number of carbonyl (C=O) groups excluding carboxylic acids is 2. The predicted octanol–water partition coefficient (Wildman–Crippen LogP) is 2.71. The third kappa shape index (κ3) is 4.84. The Morgan fingerprint density at radius 2 is 2.20 bits per heavy atom. The average molecular weight is 351 g/mol. The summed E-state index contributed by atoms with van der Waals surface area (Å²) in [5.74, 6) is -1.53. The van der Waals surface area contributed by atoms with Crippen LogP contribution in [0.3, 0.4) is 0 Å². The van der Waals surface area contributed by atoms with Gasteiger partial charge in [0.15, 0.2) is 6.54 Å². The molecule has 134 valence electrons. The van der Waals surface area contributed by atoms with Crippen molar-refractivity contribution in [2.75, 3.05) is 25.0 Å². The molecule has 1 aromatic carbocycles. The number of carbonyl (C=O) groups is 2. The lowest BCUT2D eigenvalue weighted by atomic mass is 10.1. The predicted molar refractivity (Wildman–Crippen MR) is 87.0 cm³/mol. The molecule has 1 fully saturated rings. The van der Waals surface area contributed by atoms with Gasteiger partial charge in [-0.3, -0.25) is 4.90 Å². The molecule has 1 unspecified atom stereocenters. The van der Waals surface area contributed by atoms with E-state index in [2.05, 4.69) is 15.1 Å². The highest BCUT2D eigenvalue weighted by Gasteiger charge is 2.34. The van der Waals surface area contributed by atoms with Gasteiger partial charge < -0.3 is 9.47 Å². The second kappa shape index (κ2) is 7.40. The van der Waals surface area contributed by atoms with Gasteiger partial charge in [-0.05, 0) is 39.0 Å². The van der Waals surface area contributed by atoms with Crippen molar-refractivity contribution < 1.29 is 23.5 Å². The highest BCUT2D eigenvalue weighted by Crippen LogP contribution is 2.25. The Morgan fingerprint density at radius 1 is 1.48 bits per heavy atom. The fourth-order valence-corrected chi connectivity index (χ4v) is 2.19. The van der Waals surface area contributed by atoms with Crippen LogP contribution in [0.15, 0.2) is 28.4 Å². The van der Waals surface area contributed by atoms with Crippen molar-refractivity contribution in [1.29, 1.82) is 0 Å². The van der Waals surface area contributed by atoms with Gasteiger partial charge in [0, 0.05) is 0 Å². The summed E-state index contributed by atoms with van der Waals surface area (Å²) in [6.07, 6.45) is -1.11. The van der Waals surface area contributed by atoms with Crippen LogP contribution in [0, 0.1) is 5.82 Å². The quantitative estimate of drug-likeness (QED) is 0.473. The summed E-state index contributed by atoms with van der Waals surface area (Å²) in [5.41, 5.74) is -0.636. The van der Waals surface area contributed by atoms with Crippen molar-refractivity contribution in [3.05, 3.63) is 29.6 Å². The van der Waals surface area contributed by atoms with E-state index < -0.39 is 29.6 Å². The molecule has 0 aliphatic carbocycles. The fourth-order valence-electron chi connectivity index (χ4n) is 2.19. The Labute approximate surface area is 144 Å². The van der Waals surface area contributed by atoms with Gasteiger partial charge in [-0.1, -0.05) is 0 Å². The molecule has 0 radical (unpaired) electrons. The van der Waals surface area contributed by atoms with E-state index in [0.717, 1.165) is 6.07 Å². The number of nitrogens with zero attached hydrogens (tertiary/aromatic N) is 4. The summed E-state index contributed by atoms with van der Waals surface area (Å²) in [4.78, 5) is 28.6. The van der Waals surface area contributed by atoms with E-state index >= 15 is 0 Å². The van der Waals surface area contributed by atoms with Crippen LogP contribution in [0.1, 0.15) is 31.1 Å². The molecular formula is C16H20FN4O4+. The van der Waals surface area contributed by atoms with Gasteiger partial charge in [0.05, 0.1) is 17.8 Å². The molecule has 25 heavy (non-hydrogen) atoms. The summed E-state index contributed by atoms with van der Waals surface area (Å²) in [6, 6.07) is 3.86. The fraction of sp³-hybridized carbons (Fsp3) is 0.500. The second-order valence-corrected chi connectivity index (χ2v) is 6.40. The van der Waals surface area contributed by atoms with Crippen LogP contribution in [0.4, 0.5) is 14.9 Å². The molecule has 0 saturated carbocycles. The van der Waals surface area contributed by atoms with Gasteiger partial charge in [0.2, 0.25) is 4.91 Å². The lowest BCUT2D eigenvalue weighted by Gasteiger charge is -2.20. The van der Waals surface area contributed by atoms with Crippen LogP contribution in [-0.2, 0) is 9.47 Å². The molecule has 1 aliphatic rings. The van der Waals surface area contributed by atoms with Gasteiger partial charge in [0.25, 0.3) is 0 Å². The molecule has 8 nitrogen and oxygen atoms in total. The van der Waals surface area contributed by atoms with Crippen LogP contribution in [-0.4, -0.2) is 43.9 Å². The molecule has 1 saturated heterocycles. The van der Waals surface area contributed by atoms with Gasteiger partial charge in [-0.2, -0.15) is 0 Å². The Bertz CT molecular complexity index is 738. The molecule has 1 aliphatic heterocycles. The lowest BCUT2D eigenvalue weighted by molar-refractivity contribution is 0.00647. The van der Waals surface area contributed by atoms with Crippen LogP contribution in [0.5, 0.6) is 0 Å². The first kappa shape index (κ1) is 18.5. The molecule has 1 heterocycles. The number of cyclic esters (lactones) is 1. The number of amides is 1. The number of anilines is 1. The second-order valence-electron chi connectivity index (χ2n) is 6.40. The Hall–Kier alpha value is -2.80. The molecule has 0 aromatic heterocycles. The van der Waals surface area contributed by atoms with E-state index in [1.807, 2.05) is 0 Å². The third-order valence-corrected chi connectivity index (χ3v) is 3.20. The third-order valence-electron chi connectivity index (χ3n) is 3.20. The topological polar surface area (TPSA) is 94.7 Å². The molecule has 2 rings (SSSR count). The zero-order chi connectivity index (χ0) is 18.6. The van der Waals surface area contributed by atoms with Gasteiger partial charge in [-0.15, -0.1) is 0 Å². The number of hydrogen-bond acceptors (Lipinski definition) is 6. The molecule has 1 aromatic rings. The van der Waals surface area contributed by atoms with Crippen molar-refractivity contribution in [3.8, 4) is 0 Å². The van der Waals surface area contributed by atoms with Gasteiger partial charge in [0.1, 0.15) is 34.8 Å². The maximum absolute atomic E-state index is 14.3. The molecule has 1 atom stereocenters. The first-order chi connectivity index (χ1) is 11.7. The maximum atomic E-state index is 14.3. The maximum Gasteiger partial charge on any atom is 0.414 e. The standard InChI is InChI=1S/C16H20FN4O4/c1-16(2,3)25-14(22)12-6-5-10(7-13(12)17)21-9-11(24-15(21)23)8-19-20-18-4/h5-7,11H,8-9H2,1-4H3/q+1. The highest BCUT2D eigenvalue weighted by molar-refractivity contribution is 5.93. The Kier molecular flexibility index (Phi) is 5.48. The summed E-state index contributed by atoms with van der Waals surface area (Å²) in [6.45, 7) is 5.45. The van der Waals surface area contributed by atoms with Crippen LogP contribution in [0.2, 0.25) is 0 Å². The van der Waals surface area contributed by atoms with Crippen molar-refractivity contribution in [1.82, 2.24) is 4.91 Å². The van der Waals surface area contributed by atoms with Crippen LogP contribution < -0.4 is 9.81 Å². The molecule has 0 bridgehead atoms. The Morgan fingerprint density at radius 3 is 2.80 bits per heavy atom. The SMILES string of the molecule is CN=[N+]=NCC1CN(c2ccc(C(=O)OC(C)(C)C)c(F)c2)C(=O)O1. The van der Waals surface area contributed by atoms with E-state index in [4.69, 9.17) is 9.47 Å². The van der Waals surface area contributed by atoms with E-state index in [9.17, 15) is 14.0 Å². The number of esters is 1. The lowest BCUT2D eigenvalue weighted by Crippen LogP contribution is -2.26. The number of hydrogen-bond donors (Lipinski definition) is 0. The van der Waals surface area contributed by atoms with Crippen molar-refractivity contribution >= 4 is 17.7 Å². The summed E-state index contributed by atoms with van der Waals surface area (Å²) in [7, 11) is 1.48. The number of halogens is 1. The monoisotopic (exact) mass is 351 g/mol. The first-order valence-corrected chi connectivity index (χ1v) is 7.68. The van der Waals surface area contributed by atoms with Crippen molar-refractivity contribution in [2.45, 2.75) is 32.5 Å². The minimum Gasteiger partial charge on any atom is -0.456 e. The minimum atomic E-state index is -0.771. The first-order valence-electron chi connectivity index (χ1n) is 7.68. The molecule has 1 amide bonds. The number of rotatable bonds is 4. The summed E-state index contributed by atoms with van der Waals surface area (Å²) in [5, 5.41) is 7.21. The van der Waals surface area contributed by atoms with E-state index in [0.29, 0.717) is 0 Å². The molecule has 0 N–H and O–H groups in total. The van der Waals surface area contributed by atoms with E-state index in [-0.39, 0.29) is 24.3 Å². The van der Waals surface area contributed by atoms with Crippen molar-refractivity contribution in [3.63, 3.8) is 0 Å². The largest absolute Gasteiger partial charge is 0.456 e. The zero-order valence-corrected chi connectivity index (χ0v) is 14.5. The minimum absolute atomic E-state index is 0.165. The number of benzene rings is 1. The van der Waals surface area contributed by atoms with Gasteiger partial charge in [-0.25, -0.2) is 14.0 Å². The molecule has 9 heteroatoms. The molecule has 0 spiro atoms. The van der Waals surface area contributed by atoms with Crippen LogP contribution >= 0.6 is 0 Å². The summed E-state index contributed by atoms with van der Waals surface area (Å²) < 4.78 is 24.6. The highest BCUT2D eigenvalue weighted by atomic mass is 19.1. The zero-order valence-electron chi connectivity index (χ0n) is 14.5. The van der Waals surface area contributed by atoms with E-state index in [1.54, 1.807) is 20.8 Å².